The number of carbonyl (C=O) groups is 2. The highest BCUT2D eigenvalue weighted by Gasteiger charge is 2.43. The van der Waals surface area contributed by atoms with E-state index in [-0.39, 0.29) is 24.2 Å². The van der Waals surface area contributed by atoms with Crippen LogP contribution in [0.15, 0.2) is 24.3 Å². The second kappa shape index (κ2) is 6.59. The molecular formula is C18H21ClN2O4. The SMILES string of the molecule is O=C(C1CC(=O)N(c2ccccc2Cl)C1)N1CCC2(CC1)OCCO2. The molecule has 0 aliphatic carbocycles. The quantitative estimate of drug-likeness (QED) is 0.806. The molecule has 0 radical (unpaired) electrons. The number of ether oxygens (including phenoxy) is 2. The third-order valence-corrected chi connectivity index (χ3v) is 5.59. The van der Waals surface area contributed by atoms with Crippen LogP contribution >= 0.6 is 11.6 Å². The Morgan fingerprint density at radius 1 is 1.16 bits per heavy atom. The zero-order chi connectivity index (χ0) is 17.4. The van der Waals surface area contributed by atoms with E-state index in [4.69, 9.17) is 21.1 Å². The van der Waals surface area contributed by atoms with Crippen molar-refractivity contribution in [2.75, 3.05) is 37.7 Å². The van der Waals surface area contributed by atoms with Gasteiger partial charge in [0, 0.05) is 38.9 Å². The van der Waals surface area contributed by atoms with Crippen molar-refractivity contribution >= 4 is 29.1 Å². The van der Waals surface area contributed by atoms with E-state index in [9.17, 15) is 9.59 Å². The van der Waals surface area contributed by atoms with Crippen molar-refractivity contribution in [1.82, 2.24) is 4.90 Å². The van der Waals surface area contributed by atoms with Gasteiger partial charge in [-0.05, 0) is 12.1 Å². The van der Waals surface area contributed by atoms with E-state index in [1.165, 1.54) is 0 Å². The van der Waals surface area contributed by atoms with Crippen LogP contribution in [0.4, 0.5) is 5.69 Å². The molecule has 25 heavy (non-hydrogen) atoms. The van der Waals surface area contributed by atoms with Crippen molar-refractivity contribution in [2.24, 2.45) is 5.92 Å². The van der Waals surface area contributed by atoms with Crippen LogP contribution in [0.3, 0.4) is 0 Å². The number of likely N-dealkylation sites (tertiary alicyclic amines) is 1. The summed E-state index contributed by atoms with van der Waals surface area (Å²) in [6.45, 7) is 2.84. The van der Waals surface area contributed by atoms with E-state index in [2.05, 4.69) is 0 Å². The highest BCUT2D eigenvalue weighted by Crippen LogP contribution is 2.34. The molecule has 1 aromatic carbocycles. The van der Waals surface area contributed by atoms with E-state index in [1.807, 2.05) is 23.1 Å². The minimum Gasteiger partial charge on any atom is -0.347 e. The average Bonchev–Trinajstić information content (AvgIpc) is 3.23. The Balaban J connectivity index is 1.40. The molecule has 1 aromatic rings. The molecule has 1 unspecified atom stereocenters. The molecule has 1 spiro atoms. The Morgan fingerprint density at radius 2 is 1.84 bits per heavy atom. The molecule has 0 saturated carbocycles. The molecule has 0 aromatic heterocycles. The summed E-state index contributed by atoms with van der Waals surface area (Å²) in [6, 6.07) is 7.23. The number of carbonyl (C=O) groups excluding carboxylic acids is 2. The average molecular weight is 365 g/mol. The summed E-state index contributed by atoms with van der Waals surface area (Å²) in [4.78, 5) is 28.7. The molecular weight excluding hydrogens is 344 g/mol. The first-order chi connectivity index (χ1) is 12.1. The van der Waals surface area contributed by atoms with E-state index in [0.29, 0.717) is 56.4 Å². The lowest BCUT2D eigenvalue weighted by atomic mass is 10.0. The van der Waals surface area contributed by atoms with E-state index in [0.717, 1.165) is 0 Å². The van der Waals surface area contributed by atoms with E-state index in [1.54, 1.807) is 11.0 Å². The fourth-order valence-electron chi connectivity index (χ4n) is 3.89. The van der Waals surface area contributed by atoms with Crippen molar-refractivity contribution in [3.05, 3.63) is 29.3 Å². The van der Waals surface area contributed by atoms with E-state index < -0.39 is 5.79 Å². The van der Waals surface area contributed by atoms with Crippen LogP contribution < -0.4 is 4.90 Å². The Labute approximate surface area is 151 Å². The molecule has 3 fully saturated rings. The molecule has 0 bridgehead atoms. The standard InChI is InChI=1S/C18H21ClN2O4/c19-14-3-1-2-4-15(14)21-12-13(11-16(21)22)17(23)20-7-5-18(6-8-20)24-9-10-25-18/h1-4,13H,5-12H2. The van der Waals surface area contributed by atoms with Gasteiger partial charge < -0.3 is 19.3 Å². The summed E-state index contributed by atoms with van der Waals surface area (Å²) in [7, 11) is 0. The van der Waals surface area contributed by atoms with Crippen molar-refractivity contribution in [3.63, 3.8) is 0 Å². The topological polar surface area (TPSA) is 59.1 Å². The number of rotatable bonds is 2. The second-order valence-electron chi connectivity index (χ2n) is 6.79. The normalized spacial score (nSPS) is 25.8. The molecule has 3 aliphatic rings. The summed E-state index contributed by atoms with van der Waals surface area (Å²) in [5.41, 5.74) is 0.676. The third-order valence-electron chi connectivity index (χ3n) is 5.27. The molecule has 3 aliphatic heterocycles. The van der Waals surface area contributed by atoms with Gasteiger partial charge in [-0.2, -0.15) is 0 Å². The van der Waals surface area contributed by atoms with Gasteiger partial charge in [-0.25, -0.2) is 0 Å². The summed E-state index contributed by atoms with van der Waals surface area (Å²) in [5.74, 6) is -0.826. The molecule has 6 nitrogen and oxygen atoms in total. The Hall–Kier alpha value is -1.63. The number of hydrogen-bond donors (Lipinski definition) is 0. The Bertz CT molecular complexity index is 679. The first kappa shape index (κ1) is 16.8. The van der Waals surface area contributed by atoms with Gasteiger partial charge in [-0.1, -0.05) is 23.7 Å². The van der Waals surface area contributed by atoms with Crippen LogP contribution in [-0.4, -0.2) is 55.3 Å². The molecule has 3 saturated heterocycles. The fourth-order valence-corrected chi connectivity index (χ4v) is 4.13. The highest BCUT2D eigenvalue weighted by atomic mass is 35.5. The van der Waals surface area contributed by atoms with Gasteiger partial charge in [-0.3, -0.25) is 9.59 Å². The van der Waals surface area contributed by atoms with Crippen LogP contribution in [-0.2, 0) is 19.1 Å². The molecule has 1 atom stereocenters. The first-order valence-corrected chi connectivity index (χ1v) is 9.07. The lowest BCUT2D eigenvalue weighted by Gasteiger charge is -2.38. The smallest absolute Gasteiger partial charge is 0.228 e. The van der Waals surface area contributed by atoms with Gasteiger partial charge in [-0.15, -0.1) is 0 Å². The number of anilines is 1. The van der Waals surface area contributed by atoms with Crippen LogP contribution in [0, 0.1) is 5.92 Å². The van der Waals surface area contributed by atoms with Gasteiger partial charge in [0.1, 0.15) is 0 Å². The van der Waals surface area contributed by atoms with E-state index >= 15 is 0 Å². The number of piperidine rings is 1. The van der Waals surface area contributed by atoms with Crippen molar-refractivity contribution in [2.45, 2.75) is 25.0 Å². The molecule has 2 amide bonds. The van der Waals surface area contributed by atoms with Gasteiger partial charge in [0.25, 0.3) is 0 Å². The summed E-state index contributed by atoms with van der Waals surface area (Å²) in [6.07, 6.45) is 1.61. The lowest BCUT2D eigenvalue weighted by molar-refractivity contribution is -0.188. The maximum Gasteiger partial charge on any atom is 0.228 e. The van der Waals surface area contributed by atoms with Crippen molar-refractivity contribution in [3.8, 4) is 0 Å². The molecule has 3 heterocycles. The Kier molecular flexibility index (Phi) is 4.43. The molecule has 134 valence electrons. The maximum atomic E-state index is 12.8. The zero-order valence-corrected chi connectivity index (χ0v) is 14.7. The molecule has 4 rings (SSSR count). The monoisotopic (exact) mass is 364 g/mol. The van der Waals surface area contributed by atoms with Crippen molar-refractivity contribution in [1.29, 1.82) is 0 Å². The van der Waals surface area contributed by atoms with Gasteiger partial charge >= 0.3 is 0 Å². The minimum atomic E-state index is -0.494. The number of para-hydroxylation sites is 1. The predicted octanol–water partition coefficient (Wildman–Crippen LogP) is 2.06. The molecule has 0 N–H and O–H groups in total. The number of nitrogens with zero attached hydrogens (tertiary/aromatic N) is 2. The van der Waals surface area contributed by atoms with Crippen LogP contribution in [0.2, 0.25) is 5.02 Å². The van der Waals surface area contributed by atoms with Crippen molar-refractivity contribution < 1.29 is 19.1 Å². The second-order valence-corrected chi connectivity index (χ2v) is 7.20. The zero-order valence-electron chi connectivity index (χ0n) is 13.9. The maximum absolute atomic E-state index is 12.8. The summed E-state index contributed by atoms with van der Waals surface area (Å²) >= 11 is 6.20. The molecule has 7 heteroatoms. The van der Waals surface area contributed by atoms with Gasteiger partial charge in [0.05, 0.1) is 29.8 Å². The van der Waals surface area contributed by atoms with Crippen LogP contribution in [0.1, 0.15) is 19.3 Å². The van der Waals surface area contributed by atoms with Crippen LogP contribution in [0.25, 0.3) is 0 Å². The third kappa shape index (κ3) is 3.14. The number of amides is 2. The lowest BCUT2D eigenvalue weighted by Crippen LogP contribution is -2.49. The fraction of sp³-hybridized carbons (Fsp3) is 0.556. The highest BCUT2D eigenvalue weighted by molar-refractivity contribution is 6.33. The predicted molar refractivity (Wildman–Crippen MR) is 92.4 cm³/mol. The minimum absolute atomic E-state index is 0.0377. The van der Waals surface area contributed by atoms with Crippen LogP contribution in [0.5, 0.6) is 0 Å². The first-order valence-electron chi connectivity index (χ1n) is 8.70. The number of hydrogen-bond acceptors (Lipinski definition) is 4. The number of benzene rings is 1. The Morgan fingerprint density at radius 3 is 2.52 bits per heavy atom. The van der Waals surface area contributed by atoms with Gasteiger partial charge in [0.2, 0.25) is 11.8 Å². The number of halogens is 1. The summed E-state index contributed by atoms with van der Waals surface area (Å²) in [5, 5.41) is 0.527. The largest absolute Gasteiger partial charge is 0.347 e. The summed E-state index contributed by atoms with van der Waals surface area (Å²) < 4.78 is 11.4. The van der Waals surface area contributed by atoms with Gasteiger partial charge in [0.15, 0.2) is 5.79 Å².